The minimum absolute atomic E-state index is 0. The molecule has 1 aliphatic rings. The Morgan fingerprint density at radius 1 is 1.26 bits per heavy atom. The number of esters is 1. The van der Waals surface area contributed by atoms with Gasteiger partial charge in [-0.05, 0) is 29.8 Å². The second-order valence-corrected chi connectivity index (χ2v) is 5.55. The van der Waals surface area contributed by atoms with Gasteiger partial charge in [-0.1, -0.05) is 29.8 Å². The van der Waals surface area contributed by atoms with Crippen LogP contribution in [0.1, 0.15) is 27.5 Å². The van der Waals surface area contributed by atoms with E-state index in [1.807, 2.05) is 30.3 Å². The molecule has 3 rings (SSSR count). The minimum atomic E-state index is -0.363. The van der Waals surface area contributed by atoms with Gasteiger partial charge in [-0.3, -0.25) is 0 Å². The molecule has 0 radical (unpaired) electrons. The van der Waals surface area contributed by atoms with Crippen molar-refractivity contribution in [3.63, 3.8) is 0 Å². The van der Waals surface area contributed by atoms with E-state index in [-0.39, 0.29) is 24.4 Å². The highest BCUT2D eigenvalue weighted by Crippen LogP contribution is 2.27. The average molecular weight is 354 g/mol. The summed E-state index contributed by atoms with van der Waals surface area (Å²) < 4.78 is 10.6. The minimum Gasteiger partial charge on any atom is -0.491 e. The molecule has 2 aromatic rings. The van der Waals surface area contributed by atoms with E-state index in [0.717, 1.165) is 11.1 Å². The smallest absolute Gasteiger partial charge is 0.337 e. The molecule has 0 amide bonds. The van der Waals surface area contributed by atoms with Crippen LogP contribution in [-0.2, 0) is 11.3 Å². The van der Waals surface area contributed by atoms with Gasteiger partial charge in [-0.15, -0.1) is 12.4 Å². The first kappa shape index (κ1) is 17.6. The monoisotopic (exact) mass is 353 g/mol. The summed E-state index contributed by atoms with van der Waals surface area (Å²) in [6, 6.07) is 13.1. The largest absolute Gasteiger partial charge is 0.491 e. The van der Waals surface area contributed by atoms with Crippen LogP contribution in [0.3, 0.4) is 0 Å². The molecule has 122 valence electrons. The summed E-state index contributed by atoms with van der Waals surface area (Å²) in [7, 11) is 1.37. The lowest BCUT2D eigenvalue weighted by Crippen LogP contribution is -2.23. The first-order valence-electron chi connectivity index (χ1n) is 7.00. The van der Waals surface area contributed by atoms with Crippen molar-refractivity contribution in [1.82, 2.24) is 5.32 Å². The third-order valence-corrected chi connectivity index (χ3v) is 3.96. The van der Waals surface area contributed by atoms with E-state index in [9.17, 15) is 4.79 Å². The van der Waals surface area contributed by atoms with Crippen LogP contribution in [0.5, 0.6) is 5.75 Å². The molecule has 0 bridgehead atoms. The maximum Gasteiger partial charge on any atom is 0.337 e. The zero-order valence-electron chi connectivity index (χ0n) is 12.5. The third-order valence-electron chi connectivity index (χ3n) is 3.71. The van der Waals surface area contributed by atoms with Crippen LogP contribution in [0.4, 0.5) is 0 Å². The molecule has 0 saturated carbocycles. The maximum absolute atomic E-state index is 11.6. The van der Waals surface area contributed by atoms with Crippen molar-refractivity contribution >= 4 is 30.0 Å². The topological polar surface area (TPSA) is 47.6 Å². The van der Waals surface area contributed by atoms with Gasteiger partial charge in [0.05, 0.1) is 18.7 Å². The van der Waals surface area contributed by atoms with Gasteiger partial charge < -0.3 is 14.8 Å². The molecule has 1 atom stereocenters. The van der Waals surface area contributed by atoms with E-state index >= 15 is 0 Å². The van der Waals surface area contributed by atoms with Gasteiger partial charge in [0.25, 0.3) is 0 Å². The number of nitrogens with one attached hydrogen (secondary N) is 1. The van der Waals surface area contributed by atoms with Crippen molar-refractivity contribution < 1.29 is 14.3 Å². The SMILES string of the molecule is COC(=O)c1ccc2c(c1)OC[C@H](c1ccc(Cl)cc1)NC2.Cl. The fourth-order valence-corrected chi connectivity index (χ4v) is 2.58. The fraction of sp³-hybridized carbons (Fsp3) is 0.235. The lowest BCUT2D eigenvalue weighted by molar-refractivity contribution is 0.0600. The van der Waals surface area contributed by atoms with E-state index < -0.39 is 0 Å². The number of benzene rings is 2. The molecule has 23 heavy (non-hydrogen) atoms. The maximum atomic E-state index is 11.6. The van der Waals surface area contributed by atoms with E-state index in [0.29, 0.717) is 29.5 Å². The molecule has 6 heteroatoms. The van der Waals surface area contributed by atoms with E-state index in [1.165, 1.54) is 7.11 Å². The lowest BCUT2D eigenvalue weighted by Gasteiger charge is -2.15. The Morgan fingerprint density at radius 3 is 2.70 bits per heavy atom. The normalized spacial score (nSPS) is 16.3. The molecule has 1 aliphatic heterocycles. The Morgan fingerprint density at radius 2 is 2.00 bits per heavy atom. The van der Waals surface area contributed by atoms with E-state index in [4.69, 9.17) is 21.1 Å². The summed E-state index contributed by atoms with van der Waals surface area (Å²) in [6.07, 6.45) is 0. The number of hydrogen-bond acceptors (Lipinski definition) is 4. The molecule has 0 aliphatic carbocycles. The van der Waals surface area contributed by atoms with E-state index in [1.54, 1.807) is 12.1 Å². The van der Waals surface area contributed by atoms with Crippen LogP contribution in [0.25, 0.3) is 0 Å². The van der Waals surface area contributed by atoms with Crippen molar-refractivity contribution in [2.24, 2.45) is 0 Å². The molecule has 0 spiro atoms. The summed E-state index contributed by atoms with van der Waals surface area (Å²) in [4.78, 5) is 11.6. The number of fused-ring (bicyclic) bond motifs is 1. The Kier molecular flexibility index (Phi) is 5.88. The fourth-order valence-electron chi connectivity index (χ4n) is 2.45. The first-order valence-corrected chi connectivity index (χ1v) is 7.38. The van der Waals surface area contributed by atoms with Crippen molar-refractivity contribution in [1.29, 1.82) is 0 Å². The Hall–Kier alpha value is -1.75. The Balaban J connectivity index is 0.00000192. The molecule has 4 nitrogen and oxygen atoms in total. The number of rotatable bonds is 2. The van der Waals surface area contributed by atoms with Crippen molar-refractivity contribution in [2.75, 3.05) is 13.7 Å². The second kappa shape index (κ2) is 7.68. The van der Waals surface area contributed by atoms with Crippen molar-refractivity contribution in [2.45, 2.75) is 12.6 Å². The summed E-state index contributed by atoms with van der Waals surface area (Å²) >= 11 is 5.92. The number of hydrogen-bond donors (Lipinski definition) is 1. The highest BCUT2D eigenvalue weighted by molar-refractivity contribution is 6.30. The van der Waals surface area contributed by atoms with Gasteiger partial charge in [-0.2, -0.15) is 0 Å². The predicted molar refractivity (Wildman–Crippen MR) is 91.6 cm³/mol. The molecule has 1 heterocycles. The highest BCUT2D eigenvalue weighted by atomic mass is 35.5. The zero-order chi connectivity index (χ0) is 15.5. The second-order valence-electron chi connectivity index (χ2n) is 5.11. The average Bonchev–Trinajstić information content (AvgIpc) is 2.77. The first-order chi connectivity index (χ1) is 10.7. The van der Waals surface area contributed by atoms with Gasteiger partial charge in [0.15, 0.2) is 0 Å². The lowest BCUT2D eigenvalue weighted by atomic mass is 10.1. The number of methoxy groups -OCH3 is 1. The number of halogens is 2. The Bertz CT molecular complexity index is 689. The van der Waals surface area contributed by atoms with Gasteiger partial charge in [-0.25, -0.2) is 4.79 Å². The summed E-state index contributed by atoms with van der Waals surface area (Å²) in [5.41, 5.74) is 2.63. The van der Waals surface area contributed by atoms with Crippen molar-refractivity contribution in [3.05, 3.63) is 64.2 Å². The summed E-state index contributed by atoms with van der Waals surface area (Å²) in [5, 5.41) is 4.16. The summed E-state index contributed by atoms with van der Waals surface area (Å²) in [6.45, 7) is 1.16. The van der Waals surface area contributed by atoms with E-state index in [2.05, 4.69) is 5.32 Å². The molecule has 0 unspecified atom stereocenters. The number of ether oxygens (including phenoxy) is 2. The zero-order valence-corrected chi connectivity index (χ0v) is 14.1. The van der Waals surface area contributed by atoms with Gasteiger partial charge >= 0.3 is 5.97 Å². The molecular weight excluding hydrogens is 337 g/mol. The van der Waals surface area contributed by atoms with Gasteiger partial charge in [0.1, 0.15) is 12.4 Å². The molecule has 0 saturated heterocycles. The number of carbonyl (C=O) groups excluding carboxylic acids is 1. The predicted octanol–water partition coefficient (Wildman–Crippen LogP) is 3.77. The molecule has 0 aromatic heterocycles. The van der Waals surface area contributed by atoms with Crippen LogP contribution in [0.2, 0.25) is 5.02 Å². The molecule has 2 aromatic carbocycles. The highest BCUT2D eigenvalue weighted by Gasteiger charge is 2.19. The number of carbonyl (C=O) groups is 1. The van der Waals surface area contributed by atoms with Crippen LogP contribution in [-0.4, -0.2) is 19.7 Å². The molecule has 0 fully saturated rings. The summed E-state index contributed by atoms with van der Waals surface area (Å²) in [5.74, 6) is 0.352. The molecular formula is C17H17Cl2NO3. The van der Waals surface area contributed by atoms with Crippen LogP contribution < -0.4 is 10.1 Å². The van der Waals surface area contributed by atoms with Gasteiger partial charge in [0, 0.05) is 17.1 Å². The Labute approximate surface area is 146 Å². The molecule has 1 N–H and O–H groups in total. The standard InChI is InChI=1S/C17H16ClNO3.ClH/c1-21-17(20)12-2-3-13-9-19-15(10-22-16(13)8-12)11-4-6-14(18)7-5-11;/h2-8,15,19H,9-10H2,1H3;1H/t15-;/m1./s1. The van der Waals surface area contributed by atoms with Gasteiger partial charge in [0.2, 0.25) is 0 Å². The quantitative estimate of drug-likeness (QED) is 0.834. The van der Waals surface area contributed by atoms with Crippen LogP contribution >= 0.6 is 24.0 Å². The third kappa shape index (κ3) is 3.96. The van der Waals surface area contributed by atoms with Crippen molar-refractivity contribution in [3.8, 4) is 5.75 Å². The van der Waals surface area contributed by atoms with Crippen LogP contribution in [0.15, 0.2) is 42.5 Å². The van der Waals surface area contributed by atoms with Crippen LogP contribution in [0, 0.1) is 0 Å².